The third-order valence-electron chi connectivity index (χ3n) is 1.48. The van der Waals surface area contributed by atoms with Crippen molar-refractivity contribution in [2.24, 2.45) is 0 Å². The molecule has 1 aromatic rings. The minimum absolute atomic E-state index is 0.151. The summed E-state index contributed by atoms with van der Waals surface area (Å²) in [6, 6.07) is 7.05. The Hall–Kier alpha value is -1.04. The normalized spacial score (nSPS) is 15.5. The predicted octanol–water partition coefficient (Wildman–Crippen LogP) is 2.25. The second-order valence-corrected chi connectivity index (χ2v) is 5.08. The van der Waals surface area contributed by atoms with Gasteiger partial charge in [-0.3, -0.25) is 0 Å². The topological polar surface area (TPSA) is 57.5 Å². The summed E-state index contributed by atoms with van der Waals surface area (Å²) in [7, 11) is -5.10. The minimum Gasteiger partial charge on any atom is -0.301 e. The lowest BCUT2D eigenvalue weighted by Crippen LogP contribution is -2.27. The fourth-order valence-corrected chi connectivity index (χ4v) is 1.86. The van der Waals surface area contributed by atoms with Crippen LogP contribution in [-0.4, -0.2) is 13.3 Å². The maximum absolute atomic E-state index is 11.7. The van der Waals surface area contributed by atoms with Crippen LogP contribution < -0.4 is 0 Å². The molecule has 5 heteroatoms. The van der Waals surface area contributed by atoms with E-state index in [0.717, 1.165) is 0 Å². The van der Waals surface area contributed by atoms with Crippen LogP contribution in [0.4, 0.5) is 4.39 Å². The van der Waals surface area contributed by atoms with Crippen molar-refractivity contribution >= 4 is 9.63 Å². The average Bonchev–Trinajstić information content (AvgIpc) is 2.05. The van der Waals surface area contributed by atoms with Crippen LogP contribution in [-0.2, 0) is 9.63 Å². The molecule has 0 unspecified atom stereocenters. The number of rotatable bonds is 2. The first-order valence-corrected chi connectivity index (χ1v) is 5.38. The van der Waals surface area contributed by atoms with E-state index in [1.807, 2.05) is 0 Å². The molecule has 0 aliphatic heterocycles. The Morgan fingerprint density at radius 1 is 1.23 bits per heavy atom. The molecule has 0 radical (unpaired) electrons. The summed E-state index contributed by atoms with van der Waals surface area (Å²) in [5.74, 6) is 0. The largest absolute Gasteiger partial charge is 0.301 e. The highest BCUT2D eigenvalue weighted by Gasteiger charge is 2.28. The van der Waals surface area contributed by atoms with Crippen LogP contribution in [0.25, 0.3) is 0 Å². The van der Waals surface area contributed by atoms with Crippen molar-refractivity contribution < 1.29 is 17.7 Å². The third-order valence-corrected chi connectivity index (χ3v) is 3.23. The van der Waals surface area contributed by atoms with Gasteiger partial charge in [-0.25, -0.2) is 8.60 Å². The molecule has 1 aromatic carbocycles. The van der Waals surface area contributed by atoms with E-state index in [4.69, 9.17) is 0 Å². The number of halogens is 1. The van der Waals surface area contributed by atoms with Gasteiger partial charge in [0.25, 0.3) is 0 Å². The van der Waals surface area contributed by atoms with Gasteiger partial charge >= 0.3 is 0 Å². The van der Waals surface area contributed by atoms with Gasteiger partial charge in [0, 0.05) is 0 Å². The van der Waals surface area contributed by atoms with Crippen molar-refractivity contribution in [3.05, 3.63) is 42.1 Å². The molecule has 0 saturated heterocycles. The first-order chi connectivity index (χ1) is 5.94. The van der Waals surface area contributed by atoms with Gasteiger partial charge in [0.15, 0.2) is 0 Å². The number of benzene rings is 1. The van der Waals surface area contributed by atoms with Gasteiger partial charge < -0.3 is 9.11 Å². The van der Waals surface area contributed by atoms with Gasteiger partial charge in [-0.1, -0.05) is 18.2 Å². The molecule has 0 aromatic heterocycles. The molecule has 1 rings (SSSR count). The maximum Gasteiger partial charge on any atom is 0.131 e. The van der Waals surface area contributed by atoms with E-state index in [0.29, 0.717) is 0 Å². The molecule has 0 amide bonds. The average molecular weight is 204 g/mol. The summed E-state index contributed by atoms with van der Waals surface area (Å²) < 4.78 is 41.6. The van der Waals surface area contributed by atoms with E-state index in [9.17, 15) is 17.7 Å². The Balaban J connectivity index is 3.30. The van der Waals surface area contributed by atoms with Crippen molar-refractivity contribution in [3.8, 4) is 0 Å². The molecule has 0 fully saturated rings. The van der Waals surface area contributed by atoms with Crippen LogP contribution in [0.1, 0.15) is 0 Å². The summed E-state index contributed by atoms with van der Waals surface area (Å²) >= 11 is 0. The van der Waals surface area contributed by atoms with Gasteiger partial charge in [0.05, 0.1) is 16.6 Å². The van der Waals surface area contributed by atoms with E-state index in [1.165, 1.54) is 24.3 Å². The highest BCUT2D eigenvalue weighted by atomic mass is 32.3. The molecule has 2 N–H and O–H groups in total. The third kappa shape index (κ3) is 2.21. The van der Waals surface area contributed by atoms with Crippen molar-refractivity contribution in [2.45, 2.75) is 4.90 Å². The number of hydrogen-bond donors (Lipinski definition) is 2. The van der Waals surface area contributed by atoms with Gasteiger partial charge in [0.1, 0.15) is 9.63 Å². The molecule has 0 atom stereocenters. The van der Waals surface area contributed by atoms with Crippen LogP contribution in [0, 0.1) is 0 Å². The zero-order chi connectivity index (χ0) is 9.97. The van der Waals surface area contributed by atoms with E-state index < -0.39 is 9.63 Å². The molecule has 0 bridgehead atoms. The summed E-state index contributed by atoms with van der Waals surface area (Å²) in [4.78, 5) is -0.228. The highest BCUT2D eigenvalue weighted by Crippen LogP contribution is 2.29. The maximum atomic E-state index is 11.7. The molecular weight excluding hydrogens is 195 g/mol. The van der Waals surface area contributed by atoms with Crippen molar-refractivity contribution in [3.63, 3.8) is 0 Å². The van der Waals surface area contributed by atoms with E-state index in [2.05, 4.69) is 0 Å². The van der Waals surface area contributed by atoms with Gasteiger partial charge in [-0.2, -0.15) is 0 Å². The van der Waals surface area contributed by atoms with Crippen LogP contribution >= 0.6 is 0 Å². The lowest BCUT2D eigenvalue weighted by molar-refractivity contribution is 0.403. The van der Waals surface area contributed by atoms with E-state index in [1.54, 1.807) is 6.07 Å². The fourth-order valence-electron chi connectivity index (χ4n) is 0.848. The molecule has 0 heterocycles. The van der Waals surface area contributed by atoms with Crippen LogP contribution in [0.2, 0.25) is 0 Å². The van der Waals surface area contributed by atoms with Crippen molar-refractivity contribution in [1.29, 1.82) is 0 Å². The Morgan fingerprint density at radius 2 is 1.77 bits per heavy atom. The van der Waals surface area contributed by atoms with Gasteiger partial charge in [-0.15, -0.1) is 0 Å². The van der Waals surface area contributed by atoms with E-state index >= 15 is 0 Å². The molecule has 0 aliphatic rings. The fraction of sp³-hybridized carbons (Fsp3) is 0. The van der Waals surface area contributed by atoms with Crippen molar-refractivity contribution in [1.82, 2.24) is 0 Å². The van der Waals surface area contributed by atoms with E-state index in [-0.39, 0.29) is 16.6 Å². The Morgan fingerprint density at radius 3 is 2.23 bits per heavy atom. The second-order valence-electron chi connectivity index (χ2n) is 2.50. The summed E-state index contributed by atoms with van der Waals surface area (Å²) in [6.07, 6.45) is -0.151. The Labute approximate surface area is 75.0 Å². The lowest BCUT2D eigenvalue weighted by Gasteiger charge is -2.26. The van der Waals surface area contributed by atoms with Gasteiger partial charge in [0.2, 0.25) is 0 Å². The monoisotopic (exact) mass is 204 g/mol. The summed E-state index contributed by atoms with van der Waals surface area (Å²) in [5, 5.41) is 0.243. The molecule has 0 aliphatic carbocycles. The van der Waals surface area contributed by atoms with Crippen LogP contribution in [0.15, 0.2) is 47.0 Å². The van der Waals surface area contributed by atoms with Gasteiger partial charge in [-0.05, 0) is 12.1 Å². The predicted molar refractivity (Wildman–Crippen MR) is 48.4 cm³/mol. The summed E-state index contributed by atoms with van der Waals surface area (Å²) in [6.45, 7) is 0. The molecule has 0 saturated carbocycles. The molecule has 13 heavy (non-hydrogen) atoms. The molecule has 3 nitrogen and oxygen atoms in total. The zero-order valence-electron chi connectivity index (χ0n) is 6.63. The molecular formula is C8H9FO3S. The zero-order valence-corrected chi connectivity index (χ0v) is 7.45. The minimum atomic E-state index is -5.10. The summed E-state index contributed by atoms with van der Waals surface area (Å²) in [5.41, 5.74) is 0. The number of hydrogen-bond acceptors (Lipinski definition) is 1. The second kappa shape index (κ2) is 3.02. The quantitative estimate of drug-likeness (QED) is 0.776. The Bertz CT molecular complexity index is 380. The molecule has 72 valence electrons. The Kier molecular flexibility index (Phi) is 2.34. The smallest absolute Gasteiger partial charge is 0.131 e. The van der Waals surface area contributed by atoms with Crippen LogP contribution in [0.5, 0.6) is 0 Å². The highest BCUT2D eigenvalue weighted by molar-refractivity contribution is 8.12. The van der Waals surface area contributed by atoms with Crippen molar-refractivity contribution in [2.75, 3.05) is 0 Å². The first kappa shape index (κ1) is 10.0. The standard InChI is InChI=1S/C8H9FO3S/c9-6-7-13(10,11,12)8-4-2-1-3-5-8/h1-7H,(H2,10,11,12). The lowest BCUT2D eigenvalue weighted by atomic mass is 10.4. The first-order valence-electron chi connectivity index (χ1n) is 3.43. The SMILES string of the molecule is O=S(O)(O)(C=CF)c1ccccc1. The van der Waals surface area contributed by atoms with Crippen LogP contribution in [0.3, 0.4) is 0 Å². The molecule has 0 spiro atoms.